The van der Waals surface area contributed by atoms with Crippen molar-refractivity contribution >= 4 is 0 Å². The van der Waals surface area contributed by atoms with Crippen molar-refractivity contribution in [2.24, 2.45) is 0 Å². The zero-order valence-corrected chi connectivity index (χ0v) is 10.6. The molecule has 2 fully saturated rings. The predicted octanol–water partition coefficient (Wildman–Crippen LogP) is 1.57. The molecule has 0 saturated carbocycles. The third-order valence-electron chi connectivity index (χ3n) is 4.19. The summed E-state index contributed by atoms with van der Waals surface area (Å²) < 4.78 is 2.43. The van der Waals surface area contributed by atoms with Crippen LogP contribution in [0.25, 0.3) is 0 Å². The van der Waals surface area contributed by atoms with E-state index in [-0.39, 0.29) is 0 Å². The van der Waals surface area contributed by atoms with E-state index >= 15 is 0 Å². The summed E-state index contributed by atoms with van der Waals surface area (Å²) in [4.78, 5) is 6.79. The van der Waals surface area contributed by atoms with E-state index in [4.69, 9.17) is 0 Å². The molecule has 1 N–H and O–H groups in total. The Balaban J connectivity index is 1.76. The van der Waals surface area contributed by atoms with Gasteiger partial charge in [-0.15, -0.1) is 0 Å². The molecule has 0 aliphatic carbocycles. The van der Waals surface area contributed by atoms with E-state index < -0.39 is 0 Å². The first kappa shape index (κ1) is 11.2. The molecule has 3 heterocycles. The number of hydrogen-bond donors (Lipinski definition) is 1. The van der Waals surface area contributed by atoms with Gasteiger partial charge in [0.1, 0.15) is 0 Å². The van der Waals surface area contributed by atoms with Crippen LogP contribution < -0.4 is 5.32 Å². The molecule has 0 radical (unpaired) electrons. The molecule has 2 aliphatic rings. The van der Waals surface area contributed by atoms with Crippen molar-refractivity contribution in [2.45, 2.75) is 37.8 Å². The predicted molar refractivity (Wildman–Crippen MR) is 68.0 cm³/mol. The fraction of sp³-hybridized carbons (Fsp3) is 0.769. The van der Waals surface area contributed by atoms with Crippen LogP contribution in [0, 0.1) is 0 Å². The van der Waals surface area contributed by atoms with Crippen molar-refractivity contribution in [1.29, 1.82) is 0 Å². The topological polar surface area (TPSA) is 33.1 Å². The Morgan fingerprint density at radius 2 is 2.12 bits per heavy atom. The molecule has 0 spiro atoms. The van der Waals surface area contributed by atoms with Gasteiger partial charge in [-0.1, -0.05) is 0 Å². The second-order valence-corrected chi connectivity index (χ2v) is 5.41. The first-order chi connectivity index (χ1) is 8.34. The van der Waals surface area contributed by atoms with Gasteiger partial charge in [0.15, 0.2) is 0 Å². The van der Waals surface area contributed by atoms with Crippen LogP contribution in [0.4, 0.5) is 0 Å². The highest BCUT2D eigenvalue weighted by atomic mass is 15.2. The van der Waals surface area contributed by atoms with Gasteiger partial charge in [0.2, 0.25) is 0 Å². The van der Waals surface area contributed by atoms with Gasteiger partial charge < -0.3 is 14.8 Å². The minimum atomic E-state index is 0.539. The number of nitrogens with one attached hydrogen (secondary N) is 1. The van der Waals surface area contributed by atoms with Gasteiger partial charge in [-0.2, -0.15) is 0 Å². The summed E-state index contributed by atoms with van der Waals surface area (Å²) in [6.07, 6.45) is 9.16. The molecule has 4 nitrogen and oxygen atoms in total. The Hall–Kier alpha value is -0.870. The second-order valence-electron chi connectivity index (χ2n) is 5.41. The number of piperidine rings is 1. The number of nitrogens with zero attached hydrogens (tertiary/aromatic N) is 3. The van der Waals surface area contributed by atoms with E-state index in [9.17, 15) is 0 Å². The van der Waals surface area contributed by atoms with Crippen LogP contribution in [0.2, 0.25) is 0 Å². The van der Waals surface area contributed by atoms with Gasteiger partial charge in [0.25, 0.3) is 0 Å². The van der Waals surface area contributed by atoms with Gasteiger partial charge in [0, 0.05) is 18.3 Å². The zero-order valence-electron chi connectivity index (χ0n) is 10.6. The monoisotopic (exact) mass is 234 g/mol. The highest BCUT2D eigenvalue weighted by Crippen LogP contribution is 2.29. The molecular weight excluding hydrogens is 212 g/mol. The van der Waals surface area contributed by atoms with Gasteiger partial charge >= 0.3 is 0 Å². The van der Waals surface area contributed by atoms with E-state index in [0.29, 0.717) is 12.1 Å². The summed E-state index contributed by atoms with van der Waals surface area (Å²) in [5.74, 6) is 0. The third-order valence-corrected chi connectivity index (χ3v) is 4.19. The quantitative estimate of drug-likeness (QED) is 0.843. The summed E-state index contributed by atoms with van der Waals surface area (Å²) >= 11 is 0. The molecule has 1 atom stereocenters. The molecule has 4 heteroatoms. The largest absolute Gasteiger partial charge is 0.330 e. The number of aromatic nitrogens is 2. The van der Waals surface area contributed by atoms with E-state index in [0.717, 1.165) is 6.54 Å². The minimum absolute atomic E-state index is 0.539. The number of hydrogen-bond acceptors (Lipinski definition) is 3. The van der Waals surface area contributed by atoms with Crippen LogP contribution in [0.15, 0.2) is 12.5 Å². The summed E-state index contributed by atoms with van der Waals surface area (Å²) in [5.41, 5.74) is 1.40. The summed E-state index contributed by atoms with van der Waals surface area (Å²) in [5, 5.41) is 3.58. The summed E-state index contributed by atoms with van der Waals surface area (Å²) in [7, 11) is 2.21. The lowest BCUT2D eigenvalue weighted by atomic mass is 10.0. The van der Waals surface area contributed by atoms with Gasteiger partial charge in [-0.05, 0) is 52.4 Å². The Morgan fingerprint density at radius 1 is 1.29 bits per heavy atom. The average Bonchev–Trinajstić information content (AvgIpc) is 3.00. The average molecular weight is 234 g/mol. The van der Waals surface area contributed by atoms with Crippen molar-refractivity contribution in [3.63, 3.8) is 0 Å². The van der Waals surface area contributed by atoms with Crippen molar-refractivity contribution in [3.05, 3.63) is 18.2 Å². The molecule has 2 aliphatic heterocycles. The van der Waals surface area contributed by atoms with Crippen LogP contribution >= 0.6 is 0 Å². The van der Waals surface area contributed by atoms with E-state index in [1.165, 1.54) is 44.5 Å². The molecule has 1 unspecified atom stereocenters. The maximum absolute atomic E-state index is 4.37. The molecule has 17 heavy (non-hydrogen) atoms. The SMILES string of the molecule is CN1CCC(n2cncc2C2CCCN2)CC1. The lowest BCUT2D eigenvalue weighted by Crippen LogP contribution is -2.32. The number of rotatable bonds is 2. The normalized spacial score (nSPS) is 27.7. The van der Waals surface area contributed by atoms with E-state index in [1.807, 2.05) is 6.33 Å². The molecule has 0 amide bonds. The molecule has 1 aromatic heterocycles. The molecular formula is C13H22N4. The maximum atomic E-state index is 4.37. The van der Waals surface area contributed by atoms with Crippen molar-refractivity contribution < 1.29 is 0 Å². The highest BCUT2D eigenvalue weighted by molar-refractivity contribution is 5.09. The van der Waals surface area contributed by atoms with Crippen molar-refractivity contribution in [1.82, 2.24) is 19.8 Å². The smallest absolute Gasteiger partial charge is 0.0951 e. The molecule has 0 aromatic carbocycles. The van der Waals surface area contributed by atoms with Crippen LogP contribution in [-0.2, 0) is 0 Å². The Kier molecular flexibility index (Phi) is 3.16. The Bertz CT molecular complexity index is 359. The zero-order chi connectivity index (χ0) is 11.7. The molecule has 3 rings (SSSR count). The van der Waals surface area contributed by atoms with Crippen LogP contribution in [-0.4, -0.2) is 41.1 Å². The fourth-order valence-electron chi connectivity index (χ4n) is 3.10. The van der Waals surface area contributed by atoms with Crippen LogP contribution in [0.3, 0.4) is 0 Å². The molecule has 0 bridgehead atoms. The number of imidazole rings is 1. The first-order valence-corrected chi connectivity index (χ1v) is 6.78. The van der Waals surface area contributed by atoms with Crippen molar-refractivity contribution in [3.8, 4) is 0 Å². The van der Waals surface area contributed by atoms with Gasteiger partial charge in [-0.25, -0.2) is 4.98 Å². The molecule has 1 aromatic rings. The lowest BCUT2D eigenvalue weighted by Gasteiger charge is -2.31. The first-order valence-electron chi connectivity index (χ1n) is 6.78. The van der Waals surface area contributed by atoms with Gasteiger partial charge in [-0.3, -0.25) is 0 Å². The summed E-state index contributed by atoms with van der Waals surface area (Å²) in [6, 6.07) is 1.20. The minimum Gasteiger partial charge on any atom is -0.330 e. The lowest BCUT2D eigenvalue weighted by molar-refractivity contribution is 0.217. The van der Waals surface area contributed by atoms with E-state index in [1.54, 1.807) is 0 Å². The molecule has 94 valence electrons. The molecule has 2 saturated heterocycles. The standard InChI is InChI=1S/C13H22N4/c1-16-7-4-11(5-8-16)17-10-14-9-13(17)12-3-2-6-15-12/h9-12,15H,2-8H2,1H3. The number of likely N-dealkylation sites (tertiary alicyclic amines) is 1. The van der Waals surface area contributed by atoms with Gasteiger partial charge in [0.05, 0.1) is 12.0 Å². The Labute approximate surface area is 103 Å². The third kappa shape index (κ3) is 2.24. The van der Waals surface area contributed by atoms with Crippen molar-refractivity contribution in [2.75, 3.05) is 26.7 Å². The van der Waals surface area contributed by atoms with Crippen LogP contribution in [0.5, 0.6) is 0 Å². The Morgan fingerprint density at radius 3 is 2.82 bits per heavy atom. The fourth-order valence-corrected chi connectivity index (χ4v) is 3.10. The maximum Gasteiger partial charge on any atom is 0.0951 e. The highest BCUT2D eigenvalue weighted by Gasteiger charge is 2.24. The summed E-state index contributed by atoms with van der Waals surface area (Å²) in [6.45, 7) is 3.57. The van der Waals surface area contributed by atoms with Crippen LogP contribution in [0.1, 0.15) is 43.5 Å². The second kappa shape index (κ2) is 4.78. The van der Waals surface area contributed by atoms with E-state index in [2.05, 4.69) is 33.0 Å².